The molecule has 1 fully saturated rings. The summed E-state index contributed by atoms with van der Waals surface area (Å²) in [4.78, 5) is 4.24. The van der Waals surface area contributed by atoms with Gasteiger partial charge < -0.3 is 24.4 Å². The smallest absolute Gasteiger partial charge is 0.417 e. The lowest BCUT2D eigenvalue weighted by Gasteiger charge is -2.31. The van der Waals surface area contributed by atoms with Crippen LogP contribution in [0.25, 0.3) is 0 Å². The quantitative estimate of drug-likeness (QED) is 0.499. The van der Waals surface area contributed by atoms with Crippen LogP contribution in [0.3, 0.4) is 0 Å². The molecule has 0 atom stereocenters. The summed E-state index contributed by atoms with van der Waals surface area (Å²) in [7, 11) is 3.14. The third kappa shape index (κ3) is 7.11. The molecule has 1 N–H and O–H groups in total. The first kappa shape index (κ1) is 26.3. The number of halogens is 4. The molecule has 1 aliphatic rings. The molecule has 3 rings (SSSR count). The molecule has 34 heavy (non-hydrogen) atoms. The van der Waals surface area contributed by atoms with Crippen LogP contribution in [0.5, 0.6) is 11.5 Å². The molecule has 0 aromatic heterocycles. The van der Waals surface area contributed by atoms with E-state index in [0.29, 0.717) is 48.6 Å². The van der Waals surface area contributed by atoms with Crippen LogP contribution < -0.4 is 14.8 Å². The summed E-state index contributed by atoms with van der Waals surface area (Å²) >= 11 is 11.5. The second kappa shape index (κ2) is 11.9. The number of ether oxygens (including phenoxy) is 3. The van der Waals surface area contributed by atoms with Gasteiger partial charge in [-0.1, -0.05) is 17.7 Å². The molecular weight excluding hydrogens is 491 g/mol. The Morgan fingerprint density at radius 1 is 1.12 bits per heavy atom. The molecule has 2 aromatic carbocycles. The molecule has 0 radical (unpaired) electrons. The third-order valence-electron chi connectivity index (χ3n) is 5.42. The van der Waals surface area contributed by atoms with E-state index in [1.54, 1.807) is 14.2 Å². The van der Waals surface area contributed by atoms with Crippen molar-refractivity contribution in [2.45, 2.75) is 12.7 Å². The van der Waals surface area contributed by atoms with E-state index in [2.05, 4.69) is 10.2 Å². The largest absolute Gasteiger partial charge is 0.493 e. The van der Waals surface area contributed by atoms with Crippen molar-refractivity contribution in [1.82, 2.24) is 9.80 Å². The summed E-state index contributed by atoms with van der Waals surface area (Å²) in [6.07, 6.45) is -4.52. The molecule has 0 amide bonds. The number of hydrogen-bond acceptors (Lipinski definition) is 5. The van der Waals surface area contributed by atoms with E-state index in [4.69, 9.17) is 38.0 Å². The maximum absolute atomic E-state index is 13.0. The van der Waals surface area contributed by atoms with Gasteiger partial charge in [-0.15, -0.1) is 0 Å². The monoisotopic (exact) mass is 517 g/mol. The fourth-order valence-electron chi connectivity index (χ4n) is 3.56. The Balaban J connectivity index is 1.76. The second-order valence-corrected chi connectivity index (χ2v) is 8.48. The molecule has 0 spiro atoms. The van der Waals surface area contributed by atoms with E-state index in [0.717, 1.165) is 31.3 Å². The summed E-state index contributed by atoms with van der Waals surface area (Å²) < 4.78 is 55.2. The van der Waals surface area contributed by atoms with Gasteiger partial charge in [0.25, 0.3) is 0 Å². The van der Waals surface area contributed by atoms with Gasteiger partial charge >= 0.3 is 6.18 Å². The Labute approximate surface area is 207 Å². The minimum atomic E-state index is -4.52. The Morgan fingerprint density at radius 2 is 1.82 bits per heavy atom. The van der Waals surface area contributed by atoms with Crippen molar-refractivity contribution in [1.29, 1.82) is 0 Å². The molecule has 0 unspecified atom stereocenters. The number of thiocarbonyl (C=S) groups is 1. The number of nitrogens with zero attached hydrogens (tertiary/aromatic N) is 2. The number of benzene rings is 2. The Bertz CT molecular complexity index is 988. The van der Waals surface area contributed by atoms with Gasteiger partial charge in [-0.3, -0.25) is 4.90 Å². The zero-order valence-electron chi connectivity index (χ0n) is 19.0. The second-order valence-electron chi connectivity index (χ2n) is 7.69. The number of anilines is 1. The Morgan fingerprint density at radius 3 is 2.44 bits per heavy atom. The van der Waals surface area contributed by atoms with Crippen molar-refractivity contribution in [3.8, 4) is 11.5 Å². The van der Waals surface area contributed by atoms with Gasteiger partial charge in [0, 0.05) is 38.4 Å². The average molecular weight is 518 g/mol. The van der Waals surface area contributed by atoms with Crippen molar-refractivity contribution in [2.75, 3.05) is 58.9 Å². The summed E-state index contributed by atoms with van der Waals surface area (Å²) in [6.45, 7) is 4.86. The molecule has 6 nitrogen and oxygen atoms in total. The van der Waals surface area contributed by atoms with Crippen LogP contribution in [0, 0.1) is 0 Å². The highest BCUT2D eigenvalue weighted by Crippen LogP contribution is 2.36. The molecular formula is C23H27ClF3N3O3S. The summed E-state index contributed by atoms with van der Waals surface area (Å²) in [6, 6.07) is 9.10. The number of nitrogens with one attached hydrogen (secondary N) is 1. The summed E-state index contributed by atoms with van der Waals surface area (Å²) in [5.74, 6) is 1.22. The Kier molecular flexibility index (Phi) is 9.24. The van der Waals surface area contributed by atoms with Crippen LogP contribution in [-0.4, -0.2) is 68.5 Å². The number of hydrogen-bond donors (Lipinski definition) is 1. The van der Waals surface area contributed by atoms with Crippen molar-refractivity contribution in [3.63, 3.8) is 0 Å². The fourth-order valence-corrected chi connectivity index (χ4v) is 4.13. The SMILES string of the molecule is COc1ccc(CN(CCN2CCOCC2)C(=S)Nc2ccc(C(F)(F)F)c(Cl)c2)cc1OC. The van der Waals surface area contributed by atoms with Gasteiger partial charge in [0.15, 0.2) is 16.6 Å². The molecule has 1 saturated heterocycles. The van der Waals surface area contributed by atoms with Crippen molar-refractivity contribution < 1.29 is 27.4 Å². The number of morpholine rings is 1. The van der Waals surface area contributed by atoms with Crippen LogP contribution in [0.1, 0.15) is 11.1 Å². The van der Waals surface area contributed by atoms with Crippen molar-refractivity contribution in [3.05, 3.63) is 52.5 Å². The number of methoxy groups -OCH3 is 2. The number of alkyl halides is 3. The molecule has 0 saturated carbocycles. The van der Waals surface area contributed by atoms with Gasteiger partial charge in [-0.2, -0.15) is 13.2 Å². The van der Waals surface area contributed by atoms with E-state index in [9.17, 15) is 13.2 Å². The zero-order valence-corrected chi connectivity index (χ0v) is 20.5. The van der Waals surface area contributed by atoms with E-state index in [-0.39, 0.29) is 5.02 Å². The summed E-state index contributed by atoms with van der Waals surface area (Å²) in [5, 5.41) is 3.01. The maximum atomic E-state index is 13.0. The van der Waals surface area contributed by atoms with E-state index in [1.165, 1.54) is 12.1 Å². The molecule has 2 aromatic rings. The number of rotatable bonds is 8. The van der Waals surface area contributed by atoms with Crippen molar-refractivity contribution >= 4 is 34.6 Å². The van der Waals surface area contributed by atoms with Crippen LogP contribution in [0.4, 0.5) is 18.9 Å². The molecule has 1 heterocycles. The fraction of sp³-hybridized carbons (Fsp3) is 0.435. The van der Waals surface area contributed by atoms with Crippen molar-refractivity contribution in [2.24, 2.45) is 0 Å². The van der Waals surface area contributed by atoms with Gasteiger partial charge in [-0.25, -0.2) is 0 Å². The lowest BCUT2D eigenvalue weighted by atomic mass is 10.2. The molecule has 1 aliphatic heterocycles. The minimum Gasteiger partial charge on any atom is -0.493 e. The minimum absolute atomic E-state index is 0.374. The predicted molar refractivity (Wildman–Crippen MR) is 130 cm³/mol. The van der Waals surface area contributed by atoms with Crippen LogP contribution >= 0.6 is 23.8 Å². The maximum Gasteiger partial charge on any atom is 0.417 e. The average Bonchev–Trinajstić information content (AvgIpc) is 2.81. The van der Waals surface area contributed by atoms with E-state index >= 15 is 0 Å². The Hall–Kier alpha value is -2.27. The highest BCUT2D eigenvalue weighted by atomic mass is 35.5. The highest BCUT2D eigenvalue weighted by Gasteiger charge is 2.33. The molecule has 0 bridgehead atoms. The first-order valence-electron chi connectivity index (χ1n) is 10.6. The van der Waals surface area contributed by atoms with Crippen LogP contribution in [0.15, 0.2) is 36.4 Å². The van der Waals surface area contributed by atoms with Crippen LogP contribution in [-0.2, 0) is 17.5 Å². The normalized spacial score (nSPS) is 14.5. The first-order chi connectivity index (χ1) is 16.2. The molecule has 0 aliphatic carbocycles. The van der Waals surface area contributed by atoms with Gasteiger partial charge in [0.1, 0.15) is 0 Å². The topological polar surface area (TPSA) is 46.2 Å². The zero-order chi connectivity index (χ0) is 24.7. The lowest BCUT2D eigenvalue weighted by molar-refractivity contribution is -0.137. The lowest BCUT2D eigenvalue weighted by Crippen LogP contribution is -2.44. The van der Waals surface area contributed by atoms with Gasteiger partial charge in [-0.05, 0) is 48.1 Å². The van der Waals surface area contributed by atoms with E-state index < -0.39 is 11.7 Å². The van der Waals surface area contributed by atoms with Gasteiger partial charge in [0.2, 0.25) is 0 Å². The molecule has 11 heteroatoms. The van der Waals surface area contributed by atoms with Crippen LogP contribution in [0.2, 0.25) is 5.02 Å². The van der Waals surface area contributed by atoms with Gasteiger partial charge in [0.05, 0.1) is 38.0 Å². The third-order valence-corrected chi connectivity index (χ3v) is 6.10. The predicted octanol–water partition coefficient (Wildman–Crippen LogP) is 4.91. The summed E-state index contributed by atoms with van der Waals surface area (Å²) in [5.41, 5.74) is 0.432. The molecule has 186 valence electrons. The van der Waals surface area contributed by atoms with E-state index in [1.807, 2.05) is 23.1 Å². The first-order valence-corrected chi connectivity index (χ1v) is 11.4. The highest BCUT2D eigenvalue weighted by molar-refractivity contribution is 7.80. The standard InChI is InChI=1S/C23H27ClF3N3O3S/c1-31-20-6-3-16(13-21(20)32-2)15-30(8-7-29-9-11-33-12-10-29)22(34)28-17-4-5-18(19(24)14-17)23(25,26)27/h3-6,13-14H,7-12,15H2,1-2H3,(H,28,34).